The third-order valence-corrected chi connectivity index (χ3v) is 4.36. The Morgan fingerprint density at radius 2 is 2.09 bits per heavy atom. The van der Waals surface area contributed by atoms with Crippen LogP contribution in [-0.2, 0) is 4.74 Å². The smallest absolute Gasteiger partial charge is 0.194 e. The first-order valence-electron chi connectivity index (χ1n) is 7.74. The number of hydrogen-bond donors (Lipinski definition) is 1. The topological polar surface area (TPSA) is 40.1 Å². The lowest BCUT2D eigenvalue weighted by Crippen LogP contribution is -2.52. The van der Waals surface area contributed by atoms with Crippen LogP contribution >= 0.6 is 35.3 Å². The Hall–Kier alpha value is -0.540. The van der Waals surface area contributed by atoms with Gasteiger partial charge in [-0.2, -0.15) is 0 Å². The van der Waals surface area contributed by atoms with Crippen molar-refractivity contribution in [3.05, 3.63) is 17.5 Å². The highest BCUT2D eigenvalue weighted by Crippen LogP contribution is 2.22. The first-order valence-corrected chi connectivity index (χ1v) is 8.62. The zero-order valence-electron chi connectivity index (χ0n) is 13.5. The Morgan fingerprint density at radius 3 is 2.68 bits per heavy atom. The number of rotatable bonds is 6. The summed E-state index contributed by atoms with van der Waals surface area (Å²) in [5, 5.41) is 6.89. The van der Waals surface area contributed by atoms with E-state index in [4.69, 9.17) is 4.74 Å². The predicted molar refractivity (Wildman–Crippen MR) is 106 cm³/mol. The van der Waals surface area contributed by atoms with E-state index in [0.717, 1.165) is 51.8 Å². The van der Waals surface area contributed by atoms with Gasteiger partial charge in [0, 0.05) is 39.3 Å². The number of piperazine rings is 1. The van der Waals surface area contributed by atoms with Gasteiger partial charge in [-0.3, -0.25) is 4.99 Å². The van der Waals surface area contributed by atoms with Gasteiger partial charge >= 0.3 is 0 Å². The van der Waals surface area contributed by atoms with Crippen LogP contribution in [-0.4, -0.2) is 63.3 Å². The number of thiophene rings is 1. The molecule has 126 valence electrons. The van der Waals surface area contributed by atoms with Crippen LogP contribution in [0.5, 0.6) is 0 Å². The molecule has 1 aliphatic rings. The van der Waals surface area contributed by atoms with Gasteiger partial charge in [0.1, 0.15) is 0 Å². The monoisotopic (exact) mass is 438 g/mol. The number of hydrogen-bond acceptors (Lipinski definition) is 4. The molecule has 1 N–H and O–H groups in total. The molecule has 7 heteroatoms. The number of ether oxygens (including phenoxy) is 1. The molecule has 2 heterocycles. The Balaban J connectivity index is 0.00000242. The number of aliphatic imine (C=N–C) groups is 1. The van der Waals surface area contributed by atoms with Gasteiger partial charge in [-0.15, -0.1) is 35.3 Å². The summed E-state index contributed by atoms with van der Waals surface area (Å²) < 4.78 is 5.36. The summed E-state index contributed by atoms with van der Waals surface area (Å²) in [7, 11) is 0. The Labute approximate surface area is 154 Å². The molecule has 22 heavy (non-hydrogen) atoms. The van der Waals surface area contributed by atoms with Gasteiger partial charge in [0.2, 0.25) is 0 Å². The first kappa shape index (κ1) is 19.5. The summed E-state index contributed by atoms with van der Waals surface area (Å²) in [4.78, 5) is 9.45. The SMILES string of the molecule is CCNC(=NCCOCC)N1CCN(c2cccs2)CC1.I. The molecule has 2 rings (SSSR count). The molecule has 0 saturated carbocycles. The van der Waals surface area contributed by atoms with Crippen LogP contribution in [0.3, 0.4) is 0 Å². The molecule has 1 fully saturated rings. The zero-order chi connectivity index (χ0) is 14.9. The lowest BCUT2D eigenvalue weighted by atomic mass is 10.3. The third-order valence-electron chi connectivity index (χ3n) is 3.43. The van der Waals surface area contributed by atoms with Gasteiger partial charge in [-0.25, -0.2) is 0 Å². The second-order valence-corrected chi connectivity index (χ2v) is 5.78. The molecule has 0 unspecified atom stereocenters. The van der Waals surface area contributed by atoms with E-state index in [0.29, 0.717) is 6.61 Å². The average Bonchev–Trinajstić information content (AvgIpc) is 3.05. The molecule has 0 aliphatic carbocycles. The van der Waals surface area contributed by atoms with Crippen molar-refractivity contribution in [2.24, 2.45) is 4.99 Å². The zero-order valence-corrected chi connectivity index (χ0v) is 16.6. The molecule has 1 aromatic rings. The summed E-state index contributed by atoms with van der Waals surface area (Å²) in [6, 6.07) is 4.31. The molecular formula is C15H27IN4OS. The van der Waals surface area contributed by atoms with E-state index in [2.05, 4.69) is 44.5 Å². The van der Waals surface area contributed by atoms with Crippen LogP contribution in [0.2, 0.25) is 0 Å². The standard InChI is InChI=1S/C15H26N4OS.HI/c1-3-16-15(17-7-12-20-4-2)19-10-8-18(9-11-19)14-6-5-13-21-14;/h5-6,13H,3-4,7-12H2,1-2H3,(H,16,17);1H. The van der Waals surface area contributed by atoms with Crippen molar-refractivity contribution < 1.29 is 4.74 Å². The Kier molecular flexibility index (Phi) is 9.81. The molecule has 1 saturated heterocycles. The largest absolute Gasteiger partial charge is 0.380 e. The van der Waals surface area contributed by atoms with E-state index in [1.165, 1.54) is 5.00 Å². The summed E-state index contributed by atoms with van der Waals surface area (Å²) in [5.41, 5.74) is 0. The van der Waals surface area contributed by atoms with Crippen molar-refractivity contribution in [2.45, 2.75) is 13.8 Å². The van der Waals surface area contributed by atoms with Crippen molar-refractivity contribution in [3.8, 4) is 0 Å². The van der Waals surface area contributed by atoms with E-state index >= 15 is 0 Å². The van der Waals surface area contributed by atoms with Gasteiger partial charge in [-0.1, -0.05) is 0 Å². The minimum absolute atomic E-state index is 0. The summed E-state index contributed by atoms with van der Waals surface area (Å²) in [6.07, 6.45) is 0. The molecule has 1 aliphatic heterocycles. The molecule has 0 spiro atoms. The normalized spacial score (nSPS) is 15.6. The van der Waals surface area contributed by atoms with Crippen LogP contribution in [0.25, 0.3) is 0 Å². The van der Waals surface area contributed by atoms with Gasteiger partial charge in [0.25, 0.3) is 0 Å². The van der Waals surface area contributed by atoms with Crippen molar-refractivity contribution in [2.75, 3.05) is 57.4 Å². The summed E-state index contributed by atoms with van der Waals surface area (Å²) in [6.45, 7) is 11.3. The second kappa shape index (κ2) is 11.1. The van der Waals surface area contributed by atoms with Crippen LogP contribution in [0.15, 0.2) is 22.5 Å². The molecule has 5 nitrogen and oxygen atoms in total. The van der Waals surface area contributed by atoms with Crippen molar-refractivity contribution in [1.82, 2.24) is 10.2 Å². The molecule has 1 aromatic heterocycles. The van der Waals surface area contributed by atoms with Gasteiger partial charge in [-0.05, 0) is 31.4 Å². The first-order chi connectivity index (χ1) is 10.3. The van der Waals surface area contributed by atoms with Crippen LogP contribution < -0.4 is 10.2 Å². The second-order valence-electron chi connectivity index (χ2n) is 4.86. The highest BCUT2D eigenvalue weighted by atomic mass is 127. The lowest BCUT2D eigenvalue weighted by molar-refractivity contribution is 0.155. The fourth-order valence-corrected chi connectivity index (χ4v) is 3.16. The maximum Gasteiger partial charge on any atom is 0.194 e. The highest BCUT2D eigenvalue weighted by molar-refractivity contribution is 14.0. The molecule has 0 bridgehead atoms. The number of nitrogens with one attached hydrogen (secondary N) is 1. The lowest BCUT2D eigenvalue weighted by Gasteiger charge is -2.37. The van der Waals surface area contributed by atoms with Crippen molar-refractivity contribution in [1.29, 1.82) is 0 Å². The molecular weight excluding hydrogens is 411 g/mol. The molecule has 0 radical (unpaired) electrons. The van der Waals surface area contributed by atoms with Crippen LogP contribution in [0.1, 0.15) is 13.8 Å². The Bertz CT molecular complexity index is 419. The van der Waals surface area contributed by atoms with Crippen LogP contribution in [0, 0.1) is 0 Å². The van der Waals surface area contributed by atoms with E-state index in [9.17, 15) is 0 Å². The number of nitrogens with zero attached hydrogens (tertiary/aromatic N) is 3. The Morgan fingerprint density at radius 1 is 1.32 bits per heavy atom. The van der Waals surface area contributed by atoms with Gasteiger partial charge in [0.05, 0.1) is 18.2 Å². The minimum atomic E-state index is 0. The highest BCUT2D eigenvalue weighted by Gasteiger charge is 2.20. The van der Waals surface area contributed by atoms with Crippen LogP contribution in [0.4, 0.5) is 5.00 Å². The van der Waals surface area contributed by atoms with Crippen molar-refractivity contribution in [3.63, 3.8) is 0 Å². The van der Waals surface area contributed by atoms with E-state index < -0.39 is 0 Å². The van der Waals surface area contributed by atoms with Gasteiger partial charge < -0.3 is 19.9 Å². The van der Waals surface area contributed by atoms with Gasteiger partial charge in [0.15, 0.2) is 5.96 Å². The summed E-state index contributed by atoms with van der Waals surface area (Å²) >= 11 is 1.81. The van der Waals surface area contributed by atoms with E-state index in [-0.39, 0.29) is 24.0 Å². The maximum atomic E-state index is 5.36. The fourth-order valence-electron chi connectivity index (χ4n) is 2.37. The number of halogens is 1. The molecule has 0 aromatic carbocycles. The quantitative estimate of drug-likeness (QED) is 0.321. The molecule has 0 amide bonds. The fraction of sp³-hybridized carbons (Fsp3) is 0.667. The maximum absolute atomic E-state index is 5.36. The van der Waals surface area contributed by atoms with E-state index in [1.54, 1.807) is 0 Å². The number of anilines is 1. The van der Waals surface area contributed by atoms with E-state index in [1.807, 2.05) is 18.3 Å². The number of guanidine groups is 1. The van der Waals surface area contributed by atoms with Crippen molar-refractivity contribution >= 4 is 46.3 Å². The third kappa shape index (κ3) is 5.92. The summed E-state index contributed by atoms with van der Waals surface area (Å²) in [5.74, 6) is 1.02. The minimum Gasteiger partial charge on any atom is -0.380 e. The average molecular weight is 438 g/mol. The predicted octanol–water partition coefficient (Wildman–Crippen LogP) is 2.49. The molecule has 0 atom stereocenters.